The smallest absolute Gasteiger partial charge is 0.418 e. The molecule has 1 N–H and O–H groups in total. The number of piperazine rings is 1. The third kappa shape index (κ3) is 8.26. The summed E-state index contributed by atoms with van der Waals surface area (Å²) < 4.78 is 95.6. The highest BCUT2D eigenvalue weighted by molar-refractivity contribution is 5.96. The quantitative estimate of drug-likeness (QED) is 0.120. The molecule has 4 aliphatic heterocycles. The topological polar surface area (TPSA) is 140 Å². The molecule has 3 aromatic carbocycles. The first-order chi connectivity index (χ1) is 31.2. The minimum Gasteiger partial charge on any atom is -0.497 e. The van der Waals surface area contributed by atoms with Gasteiger partial charge in [0.1, 0.15) is 41.4 Å². The van der Waals surface area contributed by atoms with E-state index in [2.05, 4.69) is 9.97 Å². The lowest BCUT2D eigenvalue weighted by molar-refractivity contribution is -0.137. The van der Waals surface area contributed by atoms with Gasteiger partial charge in [0.25, 0.3) is 0 Å². The summed E-state index contributed by atoms with van der Waals surface area (Å²) in [6.07, 6.45) is -4.27. The van der Waals surface area contributed by atoms with Crippen LogP contribution >= 0.6 is 0 Å². The van der Waals surface area contributed by atoms with Crippen LogP contribution in [0.4, 0.5) is 38.4 Å². The summed E-state index contributed by atoms with van der Waals surface area (Å²) in [7, 11) is 3.08. The van der Waals surface area contributed by atoms with Gasteiger partial charge in [0, 0.05) is 44.5 Å². The Hall–Kier alpha value is -6.48. The lowest BCUT2D eigenvalue weighted by Crippen LogP contribution is -2.55. The molecule has 13 nitrogen and oxygen atoms in total. The Bertz CT molecular complexity index is 2600. The van der Waals surface area contributed by atoms with Gasteiger partial charge in [-0.05, 0) is 92.2 Å². The zero-order valence-electron chi connectivity index (χ0n) is 36.0. The number of anilines is 2. The van der Waals surface area contributed by atoms with Crippen LogP contribution in [0.2, 0.25) is 0 Å². The van der Waals surface area contributed by atoms with E-state index in [0.717, 1.165) is 17.5 Å². The van der Waals surface area contributed by atoms with Crippen LogP contribution in [0.5, 0.6) is 17.5 Å². The largest absolute Gasteiger partial charge is 0.497 e. The minimum absolute atomic E-state index is 0.0135. The molecule has 0 saturated carbocycles. The molecule has 4 atom stereocenters. The molecule has 0 radical (unpaired) electrons. The van der Waals surface area contributed by atoms with Crippen molar-refractivity contribution in [1.82, 2.24) is 24.8 Å². The second-order valence-electron chi connectivity index (χ2n) is 17.4. The molecule has 6 heterocycles. The fraction of sp³-hybridized carbons (Fsp3) is 0.426. The summed E-state index contributed by atoms with van der Waals surface area (Å²) >= 11 is 0. The molecule has 0 spiro atoms. The number of ether oxygens (including phenoxy) is 3. The Balaban J connectivity index is 1.20. The molecule has 340 valence electrons. The third-order valence-corrected chi connectivity index (χ3v) is 13.4. The van der Waals surface area contributed by atoms with E-state index in [9.17, 15) is 19.6 Å². The van der Waals surface area contributed by atoms with Crippen molar-refractivity contribution in [3.63, 3.8) is 0 Å². The van der Waals surface area contributed by atoms with Crippen molar-refractivity contribution in [2.24, 2.45) is 0 Å². The summed E-state index contributed by atoms with van der Waals surface area (Å²) in [6, 6.07) is 17.8. The Labute approximate surface area is 372 Å². The first kappa shape index (κ1) is 43.8. The number of pyridine rings is 1. The van der Waals surface area contributed by atoms with E-state index < -0.39 is 69.8 Å². The molecule has 0 unspecified atom stereocenters. The van der Waals surface area contributed by atoms with Crippen LogP contribution in [0, 0.1) is 24.1 Å². The summed E-state index contributed by atoms with van der Waals surface area (Å²) in [5, 5.41) is 20.7. The fourth-order valence-corrected chi connectivity index (χ4v) is 10.3. The van der Waals surface area contributed by atoms with Gasteiger partial charge in [-0.2, -0.15) is 28.4 Å². The fourth-order valence-electron chi connectivity index (χ4n) is 10.3. The minimum atomic E-state index is -5.04. The Morgan fingerprint density at radius 1 is 0.954 bits per heavy atom. The van der Waals surface area contributed by atoms with Crippen LogP contribution in [0.25, 0.3) is 22.2 Å². The number of carboxylic acid groups (broad SMARTS) is 1. The lowest BCUT2D eigenvalue weighted by Gasteiger charge is -2.40. The van der Waals surface area contributed by atoms with E-state index >= 15 is 17.6 Å². The van der Waals surface area contributed by atoms with Crippen LogP contribution in [-0.4, -0.2) is 107 Å². The van der Waals surface area contributed by atoms with Crippen molar-refractivity contribution in [3.8, 4) is 34.8 Å². The molecular weight excluding hydrogens is 852 g/mol. The van der Waals surface area contributed by atoms with E-state index in [1.54, 1.807) is 34.1 Å². The number of hydrogen-bond acceptors (Lipinski definition) is 11. The van der Waals surface area contributed by atoms with Gasteiger partial charge in [-0.3, -0.25) is 9.80 Å². The zero-order chi connectivity index (χ0) is 45.8. The molecule has 2 aromatic heterocycles. The van der Waals surface area contributed by atoms with Crippen LogP contribution in [0.15, 0.2) is 60.7 Å². The van der Waals surface area contributed by atoms with Gasteiger partial charge in [-0.25, -0.2) is 18.6 Å². The normalized spacial score (nSPS) is 21.7. The highest BCUT2D eigenvalue weighted by Gasteiger charge is 2.50. The van der Waals surface area contributed by atoms with Gasteiger partial charge >= 0.3 is 18.3 Å². The molecule has 4 fully saturated rings. The third-order valence-electron chi connectivity index (χ3n) is 13.4. The highest BCUT2D eigenvalue weighted by atomic mass is 19.4. The average Bonchev–Trinajstić information content (AvgIpc) is 3.91. The monoisotopic (exact) mass is 898 g/mol. The Morgan fingerprint density at radius 3 is 2.15 bits per heavy atom. The number of halogens is 5. The van der Waals surface area contributed by atoms with E-state index in [1.165, 1.54) is 38.2 Å². The maximum Gasteiger partial charge on any atom is 0.418 e. The summed E-state index contributed by atoms with van der Waals surface area (Å²) in [4.78, 5) is 33.0. The van der Waals surface area contributed by atoms with Crippen LogP contribution in [0.1, 0.15) is 59.9 Å². The number of aromatic nitrogens is 3. The highest BCUT2D eigenvalue weighted by Crippen LogP contribution is 2.46. The number of nitriles is 1. The van der Waals surface area contributed by atoms with E-state index in [1.807, 2.05) is 35.2 Å². The van der Waals surface area contributed by atoms with E-state index in [4.69, 9.17) is 19.2 Å². The predicted molar refractivity (Wildman–Crippen MR) is 230 cm³/mol. The predicted octanol–water partition coefficient (Wildman–Crippen LogP) is 8.54. The van der Waals surface area contributed by atoms with E-state index in [-0.39, 0.29) is 74.3 Å². The molecule has 65 heavy (non-hydrogen) atoms. The number of nitrogens with zero attached hydrogens (tertiary/aromatic N) is 8. The van der Waals surface area contributed by atoms with Gasteiger partial charge in [0.2, 0.25) is 0 Å². The van der Waals surface area contributed by atoms with Gasteiger partial charge in [-0.1, -0.05) is 24.3 Å². The van der Waals surface area contributed by atoms with Gasteiger partial charge in [0.05, 0.1) is 60.3 Å². The number of methoxy groups -OCH3 is 2. The number of aryl methyl sites for hydroxylation is 1. The Morgan fingerprint density at radius 2 is 1.58 bits per heavy atom. The molecule has 0 aliphatic carbocycles. The Kier molecular flexibility index (Phi) is 11.5. The van der Waals surface area contributed by atoms with E-state index in [0.29, 0.717) is 37.3 Å². The zero-order valence-corrected chi connectivity index (χ0v) is 36.0. The van der Waals surface area contributed by atoms with Gasteiger partial charge < -0.3 is 29.1 Å². The maximum atomic E-state index is 17.8. The number of carbonyl (C=O) groups is 1. The number of fused-ring (bicyclic) bond motifs is 4. The van der Waals surface area contributed by atoms with Gasteiger partial charge in [-0.15, -0.1) is 0 Å². The second kappa shape index (κ2) is 17.1. The molecule has 1 amide bonds. The average molecular weight is 899 g/mol. The van der Waals surface area contributed by atoms with Crippen LogP contribution in [-0.2, 0) is 19.3 Å². The molecule has 9 rings (SSSR count). The number of rotatable bonds is 12. The summed E-state index contributed by atoms with van der Waals surface area (Å²) in [5.74, 6) is 0.210. The second-order valence-corrected chi connectivity index (χ2v) is 17.4. The first-order valence-electron chi connectivity index (χ1n) is 21.5. The molecule has 5 aromatic rings. The molecule has 4 aliphatic rings. The summed E-state index contributed by atoms with van der Waals surface area (Å²) in [5.41, 5.74) is -2.89. The maximum absolute atomic E-state index is 17.8. The number of hydrogen-bond donors (Lipinski definition) is 1. The van der Waals surface area contributed by atoms with Crippen molar-refractivity contribution >= 4 is 28.6 Å². The summed E-state index contributed by atoms with van der Waals surface area (Å²) in [6.45, 7) is 2.91. The molecule has 2 bridgehead atoms. The van der Waals surface area contributed by atoms with Crippen LogP contribution < -0.4 is 24.0 Å². The number of amides is 1. The van der Waals surface area contributed by atoms with Crippen molar-refractivity contribution in [2.45, 2.75) is 82.1 Å². The standard InChI is InChI=1S/C47H47F5N8O5/c1-27-17-37(57(21-28-5-11-34(63-2)12-6-28)22-29-7-13-35(64-3)14-8-29)54-42(39(27)47(50,51)52)38-30(20-53)18-36-41(40(38)49)55-44(65-26-46-15-4-16-59(46)23-31(48)19-46)56-43(36)58-24-32-9-10-33(25-58)60(32)45(61)62/h5-8,11-14,17-18,31-33H,4,9-10,15-16,19,21-26H2,1-3H3,(H,61,62)/t31-,32-,33+,46+/m1/s1. The van der Waals surface area contributed by atoms with Crippen molar-refractivity contribution in [1.29, 1.82) is 5.26 Å². The molecular formula is C47H47F5N8O5. The number of alkyl halides is 4. The van der Waals surface area contributed by atoms with Crippen molar-refractivity contribution in [3.05, 3.63) is 94.3 Å². The molecule has 18 heteroatoms. The SMILES string of the molecule is COc1ccc(CN(Cc2ccc(OC)cc2)c2cc(C)c(C(F)(F)F)c(-c3c(C#N)cc4c(N5C[C@H]6CC[C@@H](C5)N6C(=O)O)nc(OC[C@@]56CCCN5C[C@H](F)C6)nc4c3F)n2)cc1. The first-order valence-corrected chi connectivity index (χ1v) is 21.5. The van der Waals surface area contributed by atoms with Crippen LogP contribution in [0.3, 0.4) is 0 Å². The van der Waals surface area contributed by atoms with Crippen molar-refractivity contribution < 1.29 is 46.1 Å². The lowest BCUT2D eigenvalue weighted by atomic mass is 9.94. The van der Waals surface area contributed by atoms with Gasteiger partial charge in [0.15, 0.2) is 5.82 Å². The molecule has 4 saturated heterocycles. The van der Waals surface area contributed by atoms with Crippen molar-refractivity contribution in [2.75, 3.05) is 56.8 Å². The number of benzene rings is 3.